The molecule has 0 bridgehead atoms. The van der Waals surface area contributed by atoms with Crippen LogP contribution in [0, 0.1) is 40.5 Å². The number of hydrogen-bond donors (Lipinski definition) is 4. The molecule has 0 saturated heterocycles. The third-order valence-electron chi connectivity index (χ3n) is 13.6. The SMILES string of the molecule is CCOP(=O)(Cc1cccc(N)c1)OCC.CCOP(=O)(Cc1cccc([N+](=O)[O-])c1)OCC.CCOP(=O)(OCC)c1ccc(N)cc1.CCOP(=O)(OCC)c1ccc([N+](=O)[O-])cc1.CCOP(=O)(OCC)c1cccc(N)c1.CCOP(OCC)OCC.Nc1cccc(Br)c1.O=[N+]([O-])c1ccc(Br)cc1.O=[N+]([O-])c1cccc(CBr)c1. The second-order valence-electron chi connectivity index (χ2n) is 22.7. The number of alkyl halides is 1. The molecule has 8 aromatic rings. The largest absolute Gasteiger partial charge is 0.399 e. The van der Waals surface area contributed by atoms with Crippen LogP contribution in [0.3, 0.4) is 0 Å². The molecule has 0 aliphatic rings. The Balaban J connectivity index is 0.00000134. The normalized spacial score (nSPS) is 10.9. The molecule has 8 rings (SSSR count). The molecular formula is C77H111Br3N8O26P6. The van der Waals surface area contributed by atoms with E-state index in [0.717, 1.165) is 25.8 Å². The molecule has 0 aliphatic carbocycles. The lowest BCUT2D eigenvalue weighted by atomic mass is 10.2. The highest BCUT2D eigenvalue weighted by Gasteiger charge is 2.30. The van der Waals surface area contributed by atoms with Crippen LogP contribution in [0.2, 0.25) is 0 Å². The number of nitrogens with zero attached hydrogens (tertiary/aromatic N) is 4. The maximum atomic E-state index is 12.3. The van der Waals surface area contributed by atoms with Gasteiger partial charge < -0.3 is 81.7 Å². The van der Waals surface area contributed by atoms with E-state index < -0.39 is 66.3 Å². The van der Waals surface area contributed by atoms with Gasteiger partial charge in [0.15, 0.2) is 0 Å². The Labute approximate surface area is 729 Å². The highest BCUT2D eigenvalue weighted by atomic mass is 79.9. The minimum absolute atomic E-state index is 0.0351. The zero-order valence-corrected chi connectivity index (χ0v) is 79.4. The van der Waals surface area contributed by atoms with Gasteiger partial charge in [-0.25, -0.2) is 0 Å². The lowest BCUT2D eigenvalue weighted by Gasteiger charge is -2.17. The van der Waals surface area contributed by atoms with Crippen LogP contribution in [0.1, 0.15) is 107 Å². The second kappa shape index (κ2) is 63.9. The number of rotatable bonds is 38. The summed E-state index contributed by atoms with van der Waals surface area (Å²) in [7, 11) is -17.0. The first-order valence-electron chi connectivity index (χ1n) is 37.3. The predicted octanol–water partition coefficient (Wildman–Crippen LogP) is 22.4. The predicted molar refractivity (Wildman–Crippen MR) is 486 cm³/mol. The topological polar surface area (TPSA) is 482 Å². The zero-order chi connectivity index (χ0) is 90.8. The highest BCUT2D eigenvalue weighted by Crippen LogP contribution is 2.53. The fourth-order valence-corrected chi connectivity index (χ4v) is 18.9. The summed E-state index contributed by atoms with van der Waals surface area (Å²) in [5, 5.41) is 43.5. The van der Waals surface area contributed by atoms with Crippen molar-refractivity contribution < 1.29 is 101 Å². The highest BCUT2D eigenvalue weighted by molar-refractivity contribution is 9.10. The molecule has 0 unspecified atom stereocenters. The Morgan fingerprint density at radius 2 is 0.592 bits per heavy atom. The summed E-state index contributed by atoms with van der Waals surface area (Å²) < 4.78 is 130. The van der Waals surface area contributed by atoms with E-state index in [1.165, 1.54) is 54.6 Å². The van der Waals surface area contributed by atoms with Gasteiger partial charge in [-0.3, -0.25) is 63.3 Å². The maximum Gasteiger partial charge on any atom is 0.361 e. The van der Waals surface area contributed by atoms with Gasteiger partial charge in [0, 0.05) is 85.6 Å². The van der Waals surface area contributed by atoms with Crippen molar-refractivity contribution in [3.05, 3.63) is 260 Å². The zero-order valence-electron chi connectivity index (χ0n) is 69.3. The van der Waals surface area contributed by atoms with Crippen LogP contribution < -0.4 is 38.8 Å². The Bertz CT molecular complexity index is 4420. The Morgan fingerprint density at radius 1 is 0.300 bits per heavy atom. The first-order chi connectivity index (χ1) is 56.9. The number of halogens is 3. The van der Waals surface area contributed by atoms with Crippen LogP contribution in [-0.2, 0) is 99.3 Å². The van der Waals surface area contributed by atoms with Gasteiger partial charge in [-0.05, 0) is 204 Å². The number of nitrogen functional groups attached to an aromatic ring is 4. The summed E-state index contributed by atoms with van der Waals surface area (Å²) in [6.45, 7) is 28.4. The Hall–Kier alpha value is -6.94. The van der Waals surface area contributed by atoms with Crippen LogP contribution in [0.5, 0.6) is 0 Å². The van der Waals surface area contributed by atoms with E-state index in [1.807, 2.05) is 63.2 Å². The van der Waals surface area contributed by atoms with E-state index in [4.69, 9.17) is 81.7 Å². The number of benzene rings is 8. The first kappa shape index (κ1) is 113. The van der Waals surface area contributed by atoms with Crippen molar-refractivity contribution in [1.29, 1.82) is 0 Å². The molecule has 0 saturated carbocycles. The average Bonchev–Trinajstić information content (AvgIpc) is 0.836. The molecule has 120 heavy (non-hydrogen) atoms. The molecule has 34 nitrogen and oxygen atoms in total. The fourth-order valence-electron chi connectivity index (χ4n) is 8.89. The standard InChI is InChI=1S/C11H16NO5P.C11H18NO3P.C10H14NO5P.2C10H16NO3P.C7H6BrNO2.C6H4BrNO2.C6H6BrN.C6H15O3P/c1-3-16-18(15,17-4-2)9-10-6-5-7-11(8-10)12(13)14;1-3-14-16(13,15-4-2)9-10-6-5-7-11(12)8-10;1-3-15-17(14,16-4-2)10-7-5-9(6-8-10)11(12)13;1-3-13-15(12,14-4-2)10-7-5-9(11)6-8-10;1-3-13-15(12,14-4-2)10-7-5-6-9(11)8-10;8-5-6-2-1-3-7(4-6)9(10)11;7-5-1-3-6(4-2-5)8(9)10;7-5-2-1-3-6(8)4-5;1-4-7-10(8-5-2)9-6-3/h5-8H,3-4,9H2,1-2H3;5-8H,3-4,9,12H2,1-2H3;5-8H,3-4H2,1-2H3;2*5-8H,3-4,11H2,1-2H3;1-4H,5H2;1-4H;1-4H,8H2;4-6H2,1-3H3. The van der Waals surface area contributed by atoms with Crippen molar-refractivity contribution in [3.8, 4) is 0 Å². The van der Waals surface area contributed by atoms with Gasteiger partial charge in [-0.15, -0.1) is 0 Å². The Morgan fingerprint density at radius 3 is 0.900 bits per heavy atom. The third-order valence-corrected chi connectivity index (χ3v) is 27.1. The van der Waals surface area contributed by atoms with Crippen LogP contribution in [0.4, 0.5) is 45.5 Å². The summed E-state index contributed by atoms with van der Waals surface area (Å²) in [6.07, 6.45) is 0.302. The molecule has 0 radical (unpaired) electrons. The van der Waals surface area contributed by atoms with Gasteiger partial charge >= 0.3 is 46.6 Å². The van der Waals surface area contributed by atoms with E-state index in [1.54, 1.807) is 166 Å². The van der Waals surface area contributed by atoms with Crippen molar-refractivity contribution in [1.82, 2.24) is 0 Å². The van der Waals surface area contributed by atoms with Crippen LogP contribution >= 0.6 is 94.4 Å². The summed E-state index contributed by atoms with van der Waals surface area (Å²) in [4.78, 5) is 39.7. The number of hydrogen-bond acceptors (Lipinski definition) is 30. The van der Waals surface area contributed by atoms with Crippen molar-refractivity contribution >= 4 is 156 Å². The molecule has 0 spiro atoms. The number of nitro benzene ring substituents is 4. The van der Waals surface area contributed by atoms with Crippen molar-refractivity contribution in [2.45, 2.75) is 108 Å². The van der Waals surface area contributed by atoms with Gasteiger partial charge in [-0.2, -0.15) is 0 Å². The molecule has 8 aromatic carbocycles. The van der Waals surface area contributed by atoms with Crippen LogP contribution in [-0.4, -0.2) is 106 Å². The van der Waals surface area contributed by atoms with Gasteiger partial charge in [0.05, 0.1) is 134 Å². The molecule has 0 fully saturated rings. The summed E-state index contributed by atoms with van der Waals surface area (Å²) >= 11 is 9.67. The second-order valence-corrected chi connectivity index (χ2v) is 36.5. The van der Waals surface area contributed by atoms with Gasteiger partial charge in [-0.1, -0.05) is 96.3 Å². The molecule has 0 atom stereocenters. The lowest BCUT2D eigenvalue weighted by Crippen LogP contribution is -2.11. The summed E-state index contributed by atoms with van der Waals surface area (Å²) in [5.74, 6) is 0. The third kappa shape index (κ3) is 47.6. The van der Waals surface area contributed by atoms with Gasteiger partial charge in [0.2, 0.25) is 0 Å². The molecule has 43 heteroatoms. The van der Waals surface area contributed by atoms with Crippen molar-refractivity contribution in [3.63, 3.8) is 0 Å². The quantitative estimate of drug-likeness (QED) is 0.00918. The van der Waals surface area contributed by atoms with E-state index in [9.17, 15) is 63.3 Å². The monoisotopic (exact) mass is 1990 g/mol. The first-order valence-corrected chi connectivity index (χ1v) is 49.2. The molecule has 0 aromatic heterocycles. The fraction of sp³-hybridized carbons (Fsp3) is 0.377. The average molecular weight is 1990 g/mol. The van der Waals surface area contributed by atoms with E-state index >= 15 is 0 Å². The van der Waals surface area contributed by atoms with E-state index in [2.05, 4.69) is 47.8 Å². The van der Waals surface area contributed by atoms with Crippen molar-refractivity contribution in [2.24, 2.45) is 0 Å². The smallest absolute Gasteiger partial charge is 0.361 e. The molecule has 0 heterocycles. The summed E-state index contributed by atoms with van der Waals surface area (Å²) in [5.41, 5.74) is 27.4. The van der Waals surface area contributed by atoms with Crippen molar-refractivity contribution in [2.75, 3.05) is 109 Å². The molecule has 0 amide bonds. The number of nitrogens with two attached hydrogens (primary N) is 4. The van der Waals surface area contributed by atoms with Crippen LogP contribution in [0.15, 0.2) is 203 Å². The molecule has 0 aliphatic heterocycles. The van der Waals surface area contributed by atoms with Gasteiger partial charge in [0.1, 0.15) is 0 Å². The van der Waals surface area contributed by atoms with Crippen LogP contribution in [0.25, 0.3) is 0 Å². The number of nitro groups is 4. The summed E-state index contributed by atoms with van der Waals surface area (Å²) in [6, 6.07) is 52.3. The molecule has 8 N–H and O–H groups in total. The molecule has 666 valence electrons. The van der Waals surface area contributed by atoms with Gasteiger partial charge in [0.25, 0.3) is 22.7 Å². The lowest BCUT2D eigenvalue weighted by molar-refractivity contribution is -0.385. The van der Waals surface area contributed by atoms with E-state index in [-0.39, 0.29) is 61.5 Å². The minimum atomic E-state index is -3.34. The number of non-ortho nitro benzene ring substituents is 4. The number of anilines is 4. The maximum absolute atomic E-state index is 12.3. The van der Waals surface area contributed by atoms with E-state index in [0.29, 0.717) is 103 Å². The minimum Gasteiger partial charge on any atom is -0.399 e. The molecular weight excluding hydrogens is 1880 g/mol. The Kier molecular flexibility index (Phi) is 60.2.